The molecule has 0 spiro atoms. The second-order valence-electron chi connectivity index (χ2n) is 4.78. The molecule has 1 aromatic rings. The third-order valence-corrected chi connectivity index (χ3v) is 4.89. The van der Waals surface area contributed by atoms with E-state index in [0.717, 1.165) is 12.0 Å². The lowest BCUT2D eigenvalue weighted by Crippen LogP contribution is -2.38. The highest BCUT2D eigenvalue weighted by Crippen LogP contribution is 2.14. The standard InChI is InChI=1S/C15H23NO3S/c1-4-13-5-7-14(8-6-13)11(2)16-15(18)12(3)20(19)10-9-17/h5-8,11-12,17H,4,9-10H2,1-3H3,(H,16,18). The molecule has 4 nitrogen and oxygen atoms in total. The van der Waals surface area contributed by atoms with Gasteiger partial charge in [-0.2, -0.15) is 0 Å². The van der Waals surface area contributed by atoms with Gasteiger partial charge in [-0.1, -0.05) is 31.2 Å². The lowest BCUT2D eigenvalue weighted by atomic mass is 10.0. The summed E-state index contributed by atoms with van der Waals surface area (Å²) in [6.07, 6.45) is 0.984. The molecule has 0 radical (unpaired) electrons. The second kappa shape index (κ2) is 8.17. The predicted molar refractivity (Wildman–Crippen MR) is 81.9 cm³/mol. The molecule has 3 unspecified atom stereocenters. The Kier molecular flexibility index (Phi) is 6.88. The molecular weight excluding hydrogens is 274 g/mol. The molecular formula is C15H23NO3S. The summed E-state index contributed by atoms with van der Waals surface area (Å²) in [5, 5.41) is 11.0. The molecule has 1 rings (SSSR count). The maximum atomic E-state index is 12.0. The van der Waals surface area contributed by atoms with Gasteiger partial charge >= 0.3 is 0 Å². The minimum Gasteiger partial charge on any atom is -0.395 e. The fraction of sp³-hybridized carbons (Fsp3) is 0.533. The smallest absolute Gasteiger partial charge is 0.235 e. The maximum Gasteiger partial charge on any atom is 0.235 e. The summed E-state index contributed by atoms with van der Waals surface area (Å²) in [5.74, 6) is -0.113. The van der Waals surface area contributed by atoms with Gasteiger partial charge in [0.2, 0.25) is 5.91 Å². The van der Waals surface area contributed by atoms with Crippen LogP contribution < -0.4 is 5.32 Å². The van der Waals surface area contributed by atoms with Crippen LogP contribution >= 0.6 is 0 Å². The first kappa shape index (κ1) is 16.9. The Labute approximate surface area is 123 Å². The van der Waals surface area contributed by atoms with E-state index in [4.69, 9.17) is 5.11 Å². The van der Waals surface area contributed by atoms with Crippen LogP contribution in [-0.4, -0.2) is 32.8 Å². The van der Waals surface area contributed by atoms with Crippen molar-refractivity contribution >= 4 is 16.7 Å². The Bertz CT molecular complexity index is 459. The Morgan fingerprint density at radius 1 is 1.30 bits per heavy atom. The average Bonchev–Trinajstić information content (AvgIpc) is 2.46. The molecule has 0 fully saturated rings. The summed E-state index contributed by atoms with van der Waals surface area (Å²) < 4.78 is 11.7. The zero-order valence-corrected chi connectivity index (χ0v) is 13.1. The lowest BCUT2D eigenvalue weighted by Gasteiger charge is -2.18. The maximum absolute atomic E-state index is 12.0. The number of aliphatic hydroxyl groups is 1. The second-order valence-corrected chi connectivity index (χ2v) is 6.65. The van der Waals surface area contributed by atoms with Crippen LogP contribution in [-0.2, 0) is 22.0 Å². The summed E-state index contributed by atoms with van der Waals surface area (Å²) in [4.78, 5) is 12.0. The van der Waals surface area contributed by atoms with Crippen molar-refractivity contribution in [3.63, 3.8) is 0 Å². The highest BCUT2D eigenvalue weighted by molar-refractivity contribution is 7.86. The zero-order chi connectivity index (χ0) is 15.1. The van der Waals surface area contributed by atoms with Crippen LogP contribution in [0.4, 0.5) is 0 Å². The minimum absolute atomic E-state index is 0.123. The number of carbonyl (C=O) groups excluding carboxylic acids is 1. The van der Waals surface area contributed by atoms with Crippen LogP contribution in [0.15, 0.2) is 24.3 Å². The third kappa shape index (κ3) is 4.72. The van der Waals surface area contributed by atoms with Crippen molar-refractivity contribution in [3.05, 3.63) is 35.4 Å². The molecule has 0 bridgehead atoms. The predicted octanol–water partition coefficient (Wildman–Crippen LogP) is 1.56. The Morgan fingerprint density at radius 3 is 2.40 bits per heavy atom. The number of amides is 1. The number of carbonyl (C=O) groups is 1. The number of aryl methyl sites for hydroxylation is 1. The number of hydrogen-bond acceptors (Lipinski definition) is 3. The SMILES string of the molecule is CCc1ccc(C(C)NC(=O)C(C)S(=O)CCO)cc1. The molecule has 1 aromatic carbocycles. The van der Waals surface area contributed by atoms with Crippen molar-refractivity contribution in [2.45, 2.75) is 38.5 Å². The quantitative estimate of drug-likeness (QED) is 0.802. The van der Waals surface area contributed by atoms with E-state index >= 15 is 0 Å². The topological polar surface area (TPSA) is 66.4 Å². The first-order valence-corrected chi connectivity index (χ1v) is 8.25. The van der Waals surface area contributed by atoms with E-state index in [1.54, 1.807) is 6.92 Å². The van der Waals surface area contributed by atoms with Gasteiger partial charge in [0.15, 0.2) is 0 Å². The van der Waals surface area contributed by atoms with E-state index in [-0.39, 0.29) is 24.3 Å². The van der Waals surface area contributed by atoms with Crippen LogP contribution in [0.25, 0.3) is 0 Å². The normalized spacial score (nSPS) is 15.4. The molecule has 112 valence electrons. The number of aliphatic hydroxyl groups excluding tert-OH is 1. The van der Waals surface area contributed by atoms with Crippen LogP contribution in [0, 0.1) is 0 Å². The fourth-order valence-corrected chi connectivity index (χ4v) is 2.68. The van der Waals surface area contributed by atoms with Crippen LogP contribution in [0.5, 0.6) is 0 Å². The van der Waals surface area contributed by atoms with E-state index in [9.17, 15) is 9.00 Å². The van der Waals surface area contributed by atoms with Crippen molar-refractivity contribution in [2.75, 3.05) is 12.4 Å². The average molecular weight is 297 g/mol. The van der Waals surface area contributed by atoms with Gasteiger partial charge in [0.05, 0.1) is 12.6 Å². The van der Waals surface area contributed by atoms with Crippen molar-refractivity contribution in [1.82, 2.24) is 5.32 Å². The van der Waals surface area contributed by atoms with Gasteiger partial charge < -0.3 is 10.4 Å². The van der Waals surface area contributed by atoms with E-state index in [0.29, 0.717) is 0 Å². The highest BCUT2D eigenvalue weighted by Gasteiger charge is 2.21. The molecule has 5 heteroatoms. The first-order chi connectivity index (χ1) is 9.49. The first-order valence-electron chi connectivity index (χ1n) is 6.86. The van der Waals surface area contributed by atoms with Crippen LogP contribution in [0.1, 0.15) is 37.9 Å². The number of rotatable bonds is 7. The van der Waals surface area contributed by atoms with E-state index in [1.807, 2.05) is 31.2 Å². The lowest BCUT2D eigenvalue weighted by molar-refractivity contribution is -0.121. The Hall–Kier alpha value is -1.20. The van der Waals surface area contributed by atoms with Gasteiger partial charge in [-0.25, -0.2) is 0 Å². The fourth-order valence-electron chi connectivity index (χ4n) is 1.84. The summed E-state index contributed by atoms with van der Waals surface area (Å²) in [5.41, 5.74) is 2.28. The van der Waals surface area contributed by atoms with Crippen molar-refractivity contribution in [2.24, 2.45) is 0 Å². The summed E-state index contributed by atoms with van der Waals surface area (Å²) in [6, 6.07) is 7.97. The molecule has 0 aliphatic carbocycles. The molecule has 1 amide bonds. The monoisotopic (exact) mass is 297 g/mol. The number of nitrogens with one attached hydrogen (secondary N) is 1. The number of benzene rings is 1. The molecule has 0 aromatic heterocycles. The van der Waals surface area contributed by atoms with Crippen molar-refractivity contribution in [1.29, 1.82) is 0 Å². The molecule has 0 saturated heterocycles. The van der Waals surface area contributed by atoms with Crippen molar-refractivity contribution < 1.29 is 14.1 Å². The molecule has 2 N–H and O–H groups in total. The van der Waals surface area contributed by atoms with Crippen LogP contribution in [0.3, 0.4) is 0 Å². The largest absolute Gasteiger partial charge is 0.395 e. The van der Waals surface area contributed by atoms with Gasteiger partial charge in [0.1, 0.15) is 5.25 Å². The van der Waals surface area contributed by atoms with E-state index in [1.165, 1.54) is 5.56 Å². The highest BCUT2D eigenvalue weighted by atomic mass is 32.2. The molecule has 0 aliphatic heterocycles. The third-order valence-electron chi connectivity index (χ3n) is 3.30. The summed E-state index contributed by atoms with van der Waals surface area (Å²) in [6.45, 7) is 5.45. The van der Waals surface area contributed by atoms with Gasteiger partial charge in [-0.15, -0.1) is 0 Å². The minimum atomic E-state index is -1.33. The Balaban J connectivity index is 2.62. The molecule has 20 heavy (non-hydrogen) atoms. The summed E-state index contributed by atoms with van der Waals surface area (Å²) >= 11 is 0. The van der Waals surface area contributed by atoms with Gasteiger partial charge in [-0.05, 0) is 31.4 Å². The van der Waals surface area contributed by atoms with Gasteiger partial charge in [0.25, 0.3) is 0 Å². The van der Waals surface area contributed by atoms with E-state index < -0.39 is 16.0 Å². The zero-order valence-electron chi connectivity index (χ0n) is 12.3. The van der Waals surface area contributed by atoms with Gasteiger partial charge in [0, 0.05) is 16.6 Å². The number of hydrogen-bond donors (Lipinski definition) is 2. The molecule has 0 heterocycles. The van der Waals surface area contributed by atoms with Gasteiger partial charge in [-0.3, -0.25) is 9.00 Å². The van der Waals surface area contributed by atoms with Crippen LogP contribution in [0.2, 0.25) is 0 Å². The van der Waals surface area contributed by atoms with E-state index in [2.05, 4.69) is 12.2 Å². The molecule has 3 atom stereocenters. The summed E-state index contributed by atoms with van der Waals surface area (Å²) in [7, 11) is -1.33. The Morgan fingerprint density at radius 2 is 1.90 bits per heavy atom. The van der Waals surface area contributed by atoms with Crippen molar-refractivity contribution in [3.8, 4) is 0 Å². The molecule has 0 saturated carbocycles. The molecule has 0 aliphatic rings.